The summed E-state index contributed by atoms with van der Waals surface area (Å²) in [6, 6.07) is 4.00. The van der Waals surface area contributed by atoms with Gasteiger partial charge in [0.2, 0.25) is 0 Å². The second kappa shape index (κ2) is 13.0. The van der Waals surface area contributed by atoms with Crippen molar-refractivity contribution >= 4 is 28.9 Å². The Kier molecular flexibility index (Phi) is 11.5. The van der Waals surface area contributed by atoms with Crippen molar-refractivity contribution in [3.63, 3.8) is 0 Å². The zero-order valence-corrected chi connectivity index (χ0v) is 20.1. The molecule has 0 saturated heterocycles. The molecule has 0 aliphatic carbocycles. The van der Waals surface area contributed by atoms with E-state index in [1.54, 1.807) is 6.08 Å². The lowest BCUT2D eigenvalue weighted by Gasteiger charge is -2.17. The Labute approximate surface area is 186 Å². The lowest BCUT2D eigenvalue weighted by Crippen LogP contribution is -2.17. The van der Waals surface area contributed by atoms with Crippen LogP contribution in [-0.2, 0) is 11.3 Å². The minimum atomic E-state index is 0.0527. The van der Waals surface area contributed by atoms with Crippen LogP contribution in [0.2, 0.25) is 0 Å². The Bertz CT molecular complexity index is 690. The predicted molar refractivity (Wildman–Crippen MR) is 124 cm³/mol. The van der Waals surface area contributed by atoms with E-state index in [1.165, 1.54) is 0 Å². The summed E-state index contributed by atoms with van der Waals surface area (Å²) in [4.78, 5) is 5.42. The van der Waals surface area contributed by atoms with Crippen molar-refractivity contribution in [3.8, 4) is 11.5 Å². The summed E-state index contributed by atoms with van der Waals surface area (Å²) >= 11 is 11.2. The van der Waals surface area contributed by atoms with Gasteiger partial charge >= 0.3 is 0 Å². The van der Waals surface area contributed by atoms with E-state index in [0.717, 1.165) is 54.0 Å². The van der Waals surface area contributed by atoms with Crippen molar-refractivity contribution < 1.29 is 14.3 Å². The lowest BCUT2D eigenvalue weighted by atomic mass is 9.91. The summed E-state index contributed by atoms with van der Waals surface area (Å²) < 4.78 is 12.0. The van der Waals surface area contributed by atoms with Gasteiger partial charge in [-0.05, 0) is 68.9 Å². The quantitative estimate of drug-likeness (QED) is 0.194. The maximum Gasteiger partial charge on any atom is 0.125 e. The fourth-order valence-corrected chi connectivity index (χ4v) is 2.59. The molecule has 6 heteroatoms. The van der Waals surface area contributed by atoms with Gasteiger partial charge in [0.15, 0.2) is 0 Å². The molecule has 1 rings (SSSR count). The summed E-state index contributed by atoms with van der Waals surface area (Å²) in [6.45, 7) is 14.2. The molecular weight excluding hydrogens is 409 g/mol. The summed E-state index contributed by atoms with van der Waals surface area (Å²) in [6.07, 6.45) is 5.47. The van der Waals surface area contributed by atoms with Gasteiger partial charge in [-0.3, -0.25) is 0 Å². The maximum absolute atomic E-state index is 6.07. The van der Waals surface area contributed by atoms with Crippen molar-refractivity contribution in [1.82, 2.24) is 0 Å². The molecule has 0 atom stereocenters. The molecule has 29 heavy (non-hydrogen) atoms. The first-order valence-corrected chi connectivity index (χ1v) is 11.0. The van der Waals surface area contributed by atoms with Crippen molar-refractivity contribution in [3.05, 3.63) is 33.8 Å². The van der Waals surface area contributed by atoms with E-state index in [9.17, 15) is 0 Å². The number of nitrogens with zero attached hydrogens (tertiary/aromatic N) is 1. The molecule has 0 aliphatic heterocycles. The minimum Gasteiger partial charge on any atom is -0.493 e. The molecule has 1 aromatic carbocycles. The van der Waals surface area contributed by atoms with Gasteiger partial charge in [-0.2, -0.15) is 0 Å². The fourth-order valence-electron chi connectivity index (χ4n) is 2.46. The SMILES string of the molecule is CCc1cc(OCC=C(Cl)Cl)cc(C)c1OCCCCCO/N=C(\C)C(C)(C)C. The summed E-state index contributed by atoms with van der Waals surface area (Å²) in [5.41, 5.74) is 3.27. The molecule has 4 nitrogen and oxygen atoms in total. The number of ether oxygens (including phenoxy) is 2. The molecular formula is C23H35Cl2NO3. The third kappa shape index (κ3) is 10.3. The summed E-state index contributed by atoms with van der Waals surface area (Å²) in [7, 11) is 0. The van der Waals surface area contributed by atoms with E-state index < -0.39 is 0 Å². The van der Waals surface area contributed by atoms with Gasteiger partial charge in [0.25, 0.3) is 0 Å². The highest BCUT2D eigenvalue weighted by molar-refractivity contribution is 6.55. The standard InChI is InChI=1S/C23H35Cl2NO3/c1-7-19-16-20(27-14-11-21(24)25)15-17(2)22(19)28-12-9-8-10-13-29-26-18(3)23(4,5)6/h11,15-16H,7-10,12-14H2,1-6H3/b26-18+. The van der Waals surface area contributed by atoms with Crippen LogP contribution in [0.4, 0.5) is 0 Å². The van der Waals surface area contributed by atoms with E-state index >= 15 is 0 Å². The second-order valence-electron chi connectivity index (χ2n) is 8.06. The van der Waals surface area contributed by atoms with Crippen LogP contribution < -0.4 is 9.47 Å². The Morgan fingerprint density at radius 1 is 1.07 bits per heavy atom. The first-order chi connectivity index (χ1) is 13.6. The number of rotatable bonds is 12. The minimum absolute atomic E-state index is 0.0527. The van der Waals surface area contributed by atoms with Gasteiger partial charge in [-0.15, -0.1) is 0 Å². The highest BCUT2D eigenvalue weighted by atomic mass is 35.5. The zero-order chi connectivity index (χ0) is 21.9. The number of unbranched alkanes of at least 4 members (excludes halogenated alkanes) is 2. The summed E-state index contributed by atoms with van der Waals surface area (Å²) in [5.74, 6) is 1.74. The van der Waals surface area contributed by atoms with Crippen LogP contribution in [0.3, 0.4) is 0 Å². The van der Waals surface area contributed by atoms with Crippen LogP contribution in [0, 0.1) is 12.3 Å². The number of halogens is 2. The molecule has 0 heterocycles. The number of hydrogen-bond acceptors (Lipinski definition) is 4. The first kappa shape index (κ1) is 25.6. The van der Waals surface area contributed by atoms with Crippen LogP contribution in [0.15, 0.2) is 27.9 Å². The van der Waals surface area contributed by atoms with Crippen LogP contribution in [0.1, 0.15) is 65.0 Å². The van der Waals surface area contributed by atoms with Gasteiger partial charge in [-0.1, -0.05) is 56.1 Å². The molecule has 0 fully saturated rings. The van der Waals surface area contributed by atoms with E-state index in [2.05, 4.69) is 32.9 Å². The number of aryl methyl sites for hydroxylation is 2. The van der Waals surface area contributed by atoms with Crippen molar-refractivity contribution in [2.24, 2.45) is 10.6 Å². The van der Waals surface area contributed by atoms with Gasteiger partial charge < -0.3 is 14.3 Å². The molecule has 164 valence electrons. The van der Waals surface area contributed by atoms with E-state index in [1.807, 2.05) is 26.0 Å². The van der Waals surface area contributed by atoms with Gasteiger partial charge in [0.05, 0.1) is 12.3 Å². The normalized spacial score (nSPS) is 11.9. The molecule has 0 unspecified atom stereocenters. The Morgan fingerprint density at radius 2 is 1.76 bits per heavy atom. The zero-order valence-electron chi connectivity index (χ0n) is 18.6. The van der Waals surface area contributed by atoms with Crippen LogP contribution in [0.5, 0.6) is 11.5 Å². The molecule has 0 spiro atoms. The number of hydrogen-bond donors (Lipinski definition) is 0. The largest absolute Gasteiger partial charge is 0.493 e. The Morgan fingerprint density at radius 3 is 2.38 bits per heavy atom. The monoisotopic (exact) mass is 443 g/mol. The highest BCUT2D eigenvalue weighted by Gasteiger charge is 2.14. The van der Waals surface area contributed by atoms with Gasteiger partial charge in [-0.25, -0.2) is 0 Å². The molecule has 0 N–H and O–H groups in total. The Hall–Kier alpha value is -1.39. The molecule has 0 aromatic heterocycles. The number of oxime groups is 1. The molecule has 0 radical (unpaired) electrons. The lowest BCUT2D eigenvalue weighted by molar-refractivity contribution is 0.135. The first-order valence-electron chi connectivity index (χ1n) is 10.2. The highest BCUT2D eigenvalue weighted by Crippen LogP contribution is 2.30. The molecule has 0 amide bonds. The third-order valence-corrected chi connectivity index (χ3v) is 4.92. The predicted octanol–water partition coefficient (Wildman–Crippen LogP) is 7.24. The van der Waals surface area contributed by atoms with Crippen molar-refractivity contribution in [2.45, 2.75) is 67.2 Å². The van der Waals surface area contributed by atoms with Gasteiger partial charge in [0, 0.05) is 5.41 Å². The van der Waals surface area contributed by atoms with E-state index in [-0.39, 0.29) is 9.91 Å². The van der Waals surface area contributed by atoms with Crippen LogP contribution >= 0.6 is 23.2 Å². The van der Waals surface area contributed by atoms with Crippen LogP contribution in [-0.4, -0.2) is 25.5 Å². The molecule has 1 aromatic rings. The molecule has 0 bridgehead atoms. The van der Waals surface area contributed by atoms with E-state index in [4.69, 9.17) is 37.5 Å². The fraction of sp³-hybridized carbons (Fsp3) is 0.609. The van der Waals surface area contributed by atoms with Crippen molar-refractivity contribution in [1.29, 1.82) is 0 Å². The molecule has 0 saturated carbocycles. The topological polar surface area (TPSA) is 40.0 Å². The van der Waals surface area contributed by atoms with Crippen LogP contribution in [0.25, 0.3) is 0 Å². The average Bonchev–Trinajstić information content (AvgIpc) is 2.63. The molecule has 0 aliphatic rings. The maximum atomic E-state index is 6.07. The smallest absolute Gasteiger partial charge is 0.125 e. The number of benzene rings is 1. The van der Waals surface area contributed by atoms with Gasteiger partial charge in [0.1, 0.15) is 29.2 Å². The Balaban J connectivity index is 2.41. The summed E-state index contributed by atoms with van der Waals surface area (Å²) in [5, 5.41) is 4.19. The van der Waals surface area contributed by atoms with Crippen molar-refractivity contribution in [2.75, 3.05) is 19.8 Å². The van der Waals surface area contributed by atoms with E-state index in [0.29, 0.717) is 19.8 Å². The third-order valence-electron chi connectivity index (χ3n) is 4.61. The second-order valence-corrected chi connectivity index (χ2v) is 9.06. The average molecular weight is 444 g/mol.